The molecule has 2 aromatic rings. The van der Waals surface area contributed by atoms with Crippen molar-refractivity contribution in [1.29, 1.82) is 0 Å². The van der Waals surface area contributed by atoms with Crippen LogP contribution in [-0.4, -0.2) is 18.1 Å². The Hall–Kier alpha value is -1.28. The average molecular weight is 270 g/mol. The maximum Gasteiger partial charge on any atom is 0.0461 e. The Bertz CT molecular complexity index is 609. The number of likely N-dealkylation sites (N-methyl/N-ethyl adjacent to an activating group) is 1. The molecule has 0 bridgehead atoms. The van der Waals surface area contributed by atoms with Crippen molar-refractivity contribution in [3.8, 4) is 0 Å². The van der Waals surface area contributed by atoms with Crippen LogP contribution in [0.25, 0.3) is 10.9 Å². The molecule has 2 N–H and O–H groups in total. The molecular formula is C18H26N2. The fourth-order valence-electron chi connectivity index (χ4n) is 3.47. The summed E-state index contributed by atoms with van der Waals surface area (Å²) < 4.78 is 0. The first-order valence-corrected chi connectivity index (χ1v) is 7.99. The van der Waals surface area contributed by atoms with Gasteiger partial charge in [0.2, 0.25) is 0 Å². The number of aromatic amines is 1. The third-order valence-corrected chi connectivity index (χ3v) is 4.84. The van der Waals surface area contributed by atoms with Crippen LogP contribution >= 0.6 is 0 Å². The predicted octanol–water partition coefficient (Wildman–Crippen LogP) is 3.90. The van der Waals surface area contributed by atoms with Crippen LogP contribution in [0.15, 0.2) is 12.1 Å². The monoisotopic (exact) mass is 270 g/mol. The van der Waals surface area contributed by atoms with Crippen molar-refractivity contribution in [2.24, 2.45) is 0 Å². The molecule has 1 aromatic heterocycles. The third kappa shape index (κ3) is 2.49. The van der Waals surface area contributed by atoms with E-state index in [2.05, 4.69) is 36.3 Å². The molecule has 1 unspecified atom stereocenters. The summed E-state index contributed by atoms with van der Waals surface area (Å²) in [4.78, 5) is 3.60. The predicted molar refractivity (Wildman–Crippen MR) is 86.5 cm³/mol. The summed E-state index contributed by atoms with van der Waals surface area (Å²) in [6.07, 6.45) is 7.69. The molecule has 0 aliphatic heterocycles. The van der Waals surface area contributed by atoms with Gasteiger partial charge < -0.3 is 10.3 Å². The number of hydrogen-bond acceptors (Lipinski definition) is 1. The lowest BCUT2D eigenvalue weighted by molar-refractivity contribution is 0.609. The van der Waals surface area contributed by atoms with E-state index in [0.29, 0.717) is 6.04 Å². The fourth-order valence-corrected chi connectivity index (χ4v) is 3.47. The Morgan fingerprint density at radius 3 is 2.55 bits per heavy atom. The van der Waals surface area contributed by atoms with Gasteiger partial charge in [0, 0.05) is 22.6 Å². The zero-order valence-corrected chi connectivity index (χ0v) is 13.0. The highest BCUT2D eigenvalue weighted by Crippen LogP contribution is 2.30. The summed E-state index contributed by atoms with van der Waals surface area (Å²) in [6.45, 7) is 4.46. The molecule has 3 rings (SSSR count). The third-order valence-electron chi connectivity index (χ3n) is 4.84. The van der Waals surface area contributed by atoms with Crippen LogP contribution in [0.1, 0.15) is 48.6 Å². The van der Waals surface area contributed by atoms with Crippen molar-refractivity contribution in [2.45, 2.75) is 58.4 Å². The Balaban J connectivity index is 2.07. The summed E-state index contributed by atoms with van der Waals surface area (Å²) in [5.74, 6) is 0. The minimum absolute atomic E-state index is 0.520. The number of H-pyrrole nitrogens is 1. The van der Waals surface area contributed by atoms with E-state index < -0.39 is 0 Å². The number of fused-ring (bicyclic) bond motifs is 2. The molecule has 108 valence electrons. The van der Waals surface area contributed by atoms with Gasteiger partial charge >= 0.3 is 0 Å². The lowest BCUT2D eigenvalue weighted by atomic mass is 9.97. The Labute approximate surface area is 122 Å². The van der Waals surface area contributed by atoms with E-state index >= 15 is 0 Å². The lowest BCUT2D eigenvalue weighted by Crippen LogP contribution is -2.23. The molecular weight excluding hydrogens is 244 g/mol. The first-order valence-electron chi connectivity index (χ1n) is 7.99. The summed E-state index contributed by atoms with van der Waals surface area (Å²) >= 11 is 0. The number of benzene rings is 1. The SMILES string of the molecule is CNC(C)Cc1c(C)[nH]c2cc3c(cc12)CCCCC3. The van der Waals surface area contributed by atoms with E-state index in [9.17, 15) is 0 Å². The van der Waals surface area contributed by atoms with Crippen molar-refractivity contribution in [2.75, 3.05) is 7.05 Å². The van der Waals surface area contributed by atoms with E-state index in [1.54, 1.807) is 11.1 Å². The van der Waals surface area contributed by atoms with E-state index in [1.165, 1.54) is 54.3 Å². The van der Waals surface area contributed by atoms with Crippen LogP contribution in [0.5, 0.6) is 0 Å². The number of aryl methyl sites for hydroxylation is 3. The molecule has 0 spiro atoms. The molecule has 0 radical (unpaired) electrons. The largest absolute Gasteiger partial charge is 0.358 e. The van der Waals surface area contributed by atoms with E-state index in [4.69, 9.17) is 0 Å². The number of hydrogen-bond donors (Lipinski definition) is 2. The number of rotatable bonds is 3. The van der Waals surface area contributed by atoms with Gasteiger partial charge in [-0.05, 0) is 81.8 Å². The maximum absolute atomic E-state index is 3.60. The van der Waals surface area contributed by atoms with Crippen molar-refractivity contribution in [1.82, 2.24) is 10.3 Å². The zero-order valence-electron chi connectivity index (χ0n) is 13.0. The molecule has 1 heterocycles. The molecule has 1 aromatic carbocycles. The molecule has 20 heavy (non-hydrogen) atoms. The molecule has 0 amide bonds. The summed E-state index contributed by atoms with van der Waals surface area (Å²) in [5.41, 5.74) is 7.33. The summed E-state index contributed by atoms with van der Waals surface area (Å²) in [7, 11) is 2.04. The highest BCUT2D eigenvalue weighted by atomic mass is 14.9. The highest BCUT2D eigenvalue weighted by Gasteiger charge is 2.15. The van der Waals surface area contributed by atoms with Gasteiger partial charge in [0.1, 0.15) is 0 Å². The van der Waals surface area contributed by atoms with Gasteiger partial charge in [0.15, 0.2) is 0 Å². The van der Waals surface area contributed by atoms with Crippen LogP contribution in [0.3, 0.4) is 0 Å². The van der Waals surface area contributed by atoms with E-state index in [0.717, 1.165) is 6.42 Å². The normalized spacial score (nSPS) is 16.9. The summed E-state index contributed by atoms with van der Waals surface area (Å²) in [6, 6.07) is 5.40. The highest BCUT2D eigenvalue weighted by molar-refractivity contribution is 5.86. The molecule has 1 aliphatic rings. The van der Waals surface area contributed by atoms with Crippen molar-refractivity contribution in [3.05, 3.63) is 34.5 Å². The van der Waals surface area contributed by atoms with E-state index in [1.807, 2.05) is 7.05 Å². The van der Waals surface area contributed by atoms with Crippen LogP contribution in [-0.2, 0) is 19.3 Å². The second-order valence-electron chi connectivity index (χ2n) is 6.35. The van der Waals surface area contributed by atoms with Crippen LogP contribution < -0.4 is 5.32 Å². The summed E-state index contributed by atoms with van der Waals surface area (Å²) in [5, 5.41) is 4.80. The van der Waals surface area contributed by atoms with E-state index in [-0.39, 0.29) is 0 Å². The second kappa shape index (κ2) is 5.61. The maximum atomic E-state index is 3.60. The van der Waals surface area contributed by atoms with Gasteiger partial charge in [-0.15, -0.1) is 0 Å². The van der Waals surface area contributed by atoms with Crippen molar-refractivity contribution >= 4 is 10.9 Å². The smallest absolute Gasteiger partial charge is 0.0461 e. The van der Waals surface area contributed by atoms with Crippen molar-refractivity contribution < 1.29 is 0 Å². The van der Waals surface area contributed by atoms with Crippen LogP contribution in [0, 0.1) is 6.92 Å². The molecule has 0 saturated carbocycles. The Kier molecular flexibility index (Phi) is 3.84. The van der Waals surface area contributed by atoms with Gasteiger partial charge in [-0.3, -0.25) is 0 Å². The van der Waals surface area contributed by atoms with Crippen LogP contribution in [0.4, 0.5) is 0 Å². The second-order valence-corrected chi connectivity index (χ2v) is 6.35. The van der Waals surface area contributed by atoms with Gasteiger partial charge in [-0.2, -0.15) is 0 Å². The van der Waals surface area contributed by atoms with Crippen molar-refractivity contribution in [3.63, 3.8) is 0 Å². The standard InChI is InChI=1S/C18H26N2/c1-12(19-3)9-16-13(2)20-18-11-15-8-6-4-5-7-14(15)10-17(16)18/h10-12,19-20H,4-9H2,1-3H3. The molecule has 0 saturated heterocycles. The molecule has 1 atom stereocenters. The van der Waals surface area contributed by atoms with Gasteiger partial charge in [0.25, 0.3) is 0 Å². The number of aromatic nitrogens is 1. The zero-order chi connectivity index (χ0) is 14.1. The Morgan fingerprint density at radius 2 is 1.85 bits per heavy atom. The quantitative estimate of drug-likeness (QED) is 0.814. The Morgan fingerprint density at radius 1 is 1.15 bits per heavy atom. The average Bonchev–Trinajstić information content (AvgIpc) is 2.63. The molecule has 0 fully saturated rings. The van der Waals surface area contributed by atoms with Gasteiger partial charge in [-0.25, -0.2) is 0 Å². The minimum atomic E-state index is 0.520. The molecule has 2 heteroatoms. The number of nitrogens with one attached hydrogen (secondary N) is 2. The van der Waals surface area contributed by atoms with Crippen LogP contribution in [0.2, 0.25) is 0 Å². The minimum Gasteiger partial charge on any atom is -0.358 e. The van der Waals surface area contributed by atoms with Gasteiger partial charge in [0.05, 0.1) is 0 Å². The first-order chi connectivity index (χ1) is 9.69. The first kappa shape index (κ1) is 13.7. The topological polar surface area (TPSA) is 27.8 Å². The fraction of sp³-hybridized carbons (Fsp3) is 0.556. The van der Waals surface area contributed by atoms with Gasteiger partial charge in [-0.1, -0.05) is 6.42 Å². The molecule has 2 nitrogen and oxygen atoms in total. The molecule has 1 aliphatic carbocycles. The lowest BCUT2D eigenvalue weighted by Gasteiger charge is -2.11.